The Morgan fingerprint density at radius 1 is 0.960 bits per heavy atom. The average Bonchev–Trinajstić information content (AvgIpc) is 2.60. The van der Waals surface area contributed by atoms with Gasteiger partial charge in [0, 0.05) is 25.0 Å². The van der Waals surface area contributed by atoms with Crippen LogP contribution in [0.1, 0.15) is 23.6 Å². The highest BCUT2D eigenvalue weighted by atomic mass is 15.2. The second kappa shape index (κ2) is 7.79. The first-order valence-electron chi connectivity index (χ1n) is 8.61. The molecule has 25 heavy (non-hydrogen) atoms. The topological polar surface area (TPSA) is 41.1 Å². The van der Waals surface area contributed by atoms with Gasteiger partial charge in [0.05, 0.1) is 0 Å². The number of benzene rings is 2. The third-order valence-electron chi connectivity index (χ3n) is 4.04. The van der Waals surface area contributed by atoms with Crippen LogP contribution in [0.4, 0.5) is 17.5 Å². The number of aryl methyl sites for hydroxylation is 2. The van der Waals surface area contributed by atoms with Crippen molar-refractivity contribution in [1.29, 1.82) is 0 Å². The van der Waals surface area contributed by atoms with Crippen LogP contribution in [0.15, 0.2) is 60.8 Å². The summed E-state index contributed by atoms with van der Waals surface area (Å²) < 4.78 is 0. The van der Waals surface area contributed by atoms with E-state index in [0.717, 1.165) is 24.6 Å². The molecule has 128 valence electrons. The van der Waals surface area contributed by atoms with Crippen molar-refractivity contribution in [1.82, 2.24) is 9.97 Å². The first kappa shape index (κ1) is 17.0. The van der Waals surface area contributed by atoms with E-state index in [0.29, 0.717) is 5.95 Å². The van der Waals surface area contributed by atoms with Gasteiger partial charge in [-0.25, -0.2) is 4.98 Å². The fraction of sp³-hybridized carbons (Fsp3) is 0.238. The summed E-state index contributed by atoms with van der Waals surface area (Å²) in [7, 11) is 0. The maximum Gasteiger partial charge on any atom is 0.229 e. The van der Waals surface area contributed by atoms with Gasteiger partial charge >= 0.3 is 0 Å². The zero-order chi connectivity index (χ0) is 17.6. The van der Waals surface area contributed by atoms with Gasteiger partial charge in [-0.15, -0.1) is 0 Å². The Morgan fingerprint density at radius 3 is 2.36 bits per heavy atom. The number of nitrogens with zero attached hydrogens (tertiary/aromatic N) is 3. The molecule has 2 aromatic carbocycles. The molecule has 0 fully saturated rings. The van der Waals surface area contributed by atoms with E-state index in [1.54, 1.807) is 6.20 Å². The van der Waals surface area contributed by atoms with Crippen LogP contribution in [-0.2, 0) is 6.54 Å². The molecule has 0 aliphatic carbocycles. The van der Waals surface area contributed by atoms with E-state index in [2.05, 4.69) is 78.4 Å². The van der Waals surface area contributed by atoms with Gasteiger partial charge in [-0.1, -0.05) is 36.4 Å². The van der Waals surface area contributed by atoms with Gasteiger partial charge in [0.15, 0.2) is 0 Å². The van der Waals surface area contributed by atoms with Gasteiger partial charge in [-0.05, 0) is 55.7 Å². The molecule has 0 aliphatic rings. The minimum absolute atomic E-state index is 0.619. The first-order valence-corrected chi connectivity index (χ1v) is 8.61. The summed E-state index contributed by atoms with van der Waals surface area (Å²) in [6.45, 7) is 8.04. The number of hydrogen-bond acceptors (Lipinski definition) is 4. The van der Waals surface area contributed by atoms with Crippen molar-refractivity contribution in [3.63, 3.8) is 0 Å². The van der Waals surface area contributed by atoms with E-state index in [4.69, 9.17) is 4.98 Å². The Balaban J connectivity index is 1.79. The van der Waals surface area contributed by atoms with Crippen molar-refractivity contribution in [2.24, 2.45) is 0 Å². The molecule has 0 radical (unpaired) electrons. The molecule has 4 heteroatoms. The minimum Gasteiger partial charge on any atom is -0.352 e. The van der Waals surface area contributed by atoms with Gasteiger partial charge in [0.2, 0.25) is 5.95 Å². The van der Waals surface area contributed by atoms with Gasteiger partial charge in [0.25, 0.3) is 0 Å². The van der Waals surface area contributed by atoms with Crippen LogP contribution in [-0.4, -0.2) is 16.5 Å². The molecule has 1 aromatic heterocycles. The smallest absolute Gasteiger partial charge is 0.229 e. The van der Waals surface area contributed by atoms with Gasteiger partial charge in [-0.3, -0.25) is 0 Å². The van der Waals surface area contributed by atoms with Gasteiger partial charge in [-0.2, -0.15) is 4.98 Å². The second-order valence-corrected chi connectivity index (χ2v) is 6.24. The number of nitrogens with one attached hydrogen (secondary N) is 1. The van der Waals surface area contributed by atoms with E-state index in [1.807, 2.05) is 12.1 Å². The highest BCUT2D eigenvalue weighted by Crippen LogP contribution is 2.20. The summed E-state index contributed by atoms with van der Waals surface area (Å²) in [6, 6.07) is 18.8. The number of hydrogen-bond donors (Lipinski definition) is 1. The van der Waals surface area contributed by atoms with Crippen LogP contribution >= 0.6 is 0 Å². The molecule has 1 heterocycles. The lowest BCUT2D eigenvalue weighted by Crippen LogP contribution is -2.23. The Labute approximate surface area is 149 Å². The molecule has 0 spiro atoms. The van der Waals surface area contributed by atoms with Gasteiger partial charge < -0.3 is 10.2 Å². The maximum atomic E-state index is 4.70. The Bertz CT molecular complexity index is 810. The van der Waals surface area contributed by atoms with Crippen molar-refractivity contribution in [2.45, 2.75) is 27.3 Å². The van der Waals surface area contributed by atoms with Crippen LogP contribution in [0, 0.1) is 13.8 Å². The lowest BCUT2D eigenvalue weighted by atomic mass is 10.1. The summed E-state index contributed by atoms with van der Waals surface area (Å²) in [5, 5.41) is 3.32. The van der Waals surface area contributed by atoms with E-state index in [1.165, 1.54) is 16.7 Å². The Morgan fingerprint density at radius 2 is 1.68 bits per heavy atom. The van der Waals surface area contributed by atoms with Crippen LogP contribution in [0.25, 0.3) is 0 Å². The van der Waals surface area contributed by atoms with E-state index in [9.17, 15) is 0 Å². The molecule has 0 saturated carbocycles. The van der Waals surface area contributed by atoms with Crippen LogP contribution in [0.2, 0.25) is 0 Å². The fourth-order valence-corrected chi connectivity index (χ4v) is 2.92. The van der Waals surface area contributed by atoms with Crippen LogP contribution < -0.4 is 10.2 Å². The molecule has 4 nitrogen and oxygen atoms in total. The predicted molar refractivity (Wildman–Crippen MR) is 104 cm³/mol. The monoisotopic (exact) mass is 332 g/mol. The summed E-state index contributed by atoms with van der Waals surface area (Å²) in [5.41, 5.74) is 4.73. The molecule has 3 rings (SSSR count). The summed E-state index contributed by atoms with van der Waals surface area (Å²) >= 11 is 0. The third kappa shape index (κ3) is 4.57. The molecule has 0 saturated heterocycles. The number of anilines is 3. The molecule has 0 amide bonds. The van der Waals surface area contributed by atoms with Crippen LogP contribution in [0.5, 0.6) is 0 Å². The molecule has 0 unspecified atom stereocenters. The fourth-order valence-electron chi connectivity index (χ4n) is 2.92. The van der Waals surface area contributed by atoms with Crippen molar-refractivity contribution < 1.29 is 0 Å². The van der Waals surface area contributed by atoms with E-state index >= 15 is 0 Å². The molecule has 0 bridgehead atoms. The average molecular weight is 332 g/mol. The molecule has 0 atom stereocenters. The normalized spacial score (nSPS) is 10.5. The molecule has 1 N–H and O–H groups in total. The third-order valence-corrected chi connectivity index (χ3v) is 4.04. The number of rotatable bonds is 6. The second-order valence-electron chi connectivity index (χ2n) is 6.24. The summed E-state index contributed by atoms with van der Waals surface area (Å²) in [5.74, 6) is 1.54. The van der Waals surface area contributed by atoms with Crippen molar-refractivity contribution >= 4 is 17.5 Å². The SMILES string of the molecule is CCN(Cc1ccccc1)c1ccnc(Nc2cc(C)cc(C)c2)n1. The lowest BCUT2D eigenvalue weighted by Gasteiger charge is -2.22. The molecular formula is C21H24N4. The zero-order valence-electron chi connectivity index (χ0n) is 15.0. The quantitative estimate of drug-likeness (QED) is 0.699. The van der Waals surface area contributed by atoms with Crippen LogP contribution in [0.3, 0.4) is 0 Å². The van der Waals surface area contributed by atoms with E-state index < -0.39 is 0 Å². The Kier molecular flexibility index (Phi) is 5.29. The van der Waals surface area contributed by atoms with E-state index in [-0.39, 0.29) is 0 Å². The molecular weight excluding hydrogens is 308 g/mol. The highest BCUT2D eigenvalue weighted by Gasteiger charge is 2.08. The van der Waals surface area contributed by atoms with Crippen molar-refractivity contribution in [3.05, 3.63) is 77.5 Å². The summed E-state index contributed by atoms with van der Waals surface area (Å²) in [6.07, 6.45) is 1.81. The largest absolute Gasteiger partial charge is 0.352 e. The standard InChI is InChI=1S/C21H24N4/c1-4-25(15-18-8-6-5-7-9-18)20-10-11-22-21(24-20)23-19-13-16(2)12-17(3)14-19/h5-14H,4,15H2,1-3H3,(H,22,23,24). The van der Waals surface area contributed by atoms with Crippen molar-refractivity contribution in [3.8, 4) is 0 Å². The zero-order valence-corrected chi connectivity index (χ0v) is 15.0. The lowest BCUT2D eigenvalue weighted by molar-refractivity contribution is 0.811. The van der Waals surface area contributed by atoms with Crippen molar-refractivity contribution in [2.75, 3.05) is 16.8 Å². The highest BCUT2D eigenvalue weighted by molar-refractivity contribution is 5.57. The molecule has 3 aromatic rings. The Hall–Kier alpha value is -2.88. The maximum absolute atomic E-state index is 4.70. The van der Waals surface area contributed by atoms with Gasteiger partial charge in [0.1, 0.15) is 5.82 Å². The number of aromatic nitrogens is 2. The minimum atomic E-state index is 0.619. The molecule has 0 aliphatic heterocycles. The predicted octanol–water partition coefficient (Wildman–Crippen LogP) is 4.86. The first-order chi connectivity index (χ1) is 12.1. The summed E-state index contributed by atoms with van der Waals surface area (Å²) in [4.78, 5) is 11.3.